The number of carbonyl (C=O) groups is 2. The Morgan fingerprint density at radius 3 is 2.89 bits per heavy atom. The highest BCUT2D eigenvalue weighted by molar-refractivity contribution is 5.85. The molecule has 1 rings (SSSR count). The van der Waals surface area contributed by atoms with E-state index in [9.17, 15) is 14.7 Å². The molecule has 0 spiro atoms. The summed E-state index contributed by atoms with van der Waals surface area (Å²) in [6.07, 6.45) is 0.959. The van der Waals surface area contributed by atoms with Crippen molar-refractivity contribution in [1.29, 1.82) is 0 Å². The van der Waals surface area contributed by atoms with Gasteiger partial charge in [0, 0.05) is 24.4 Å². The predicted octanol–water partition coefficient (Wildman–Crippen LogP) is 1.64. The third kappa shape index (κ3) is 3.13. The Balaban J connectivity index is 2.78. The monoisotopic (exact) mass is 254 g/mol. The summed E-state index contributed by atoms with van der Waals surface area (Å²) < 4.78 is 0. The molecule has 0 radical (unpaired) electrons. The number of azide groups is 1. The zero-order valence-corrected chi connectivity index (χ0v) is 10.6. The Kier molecular flexibility index (Phi) is 4.97. The number of nitrogens with zero attached hydrogens (tertiary/aromatic N) is 4. The van der Waals surface area contributed by atoms with Gasteiger partial charge in [-0.25, -0.2) is 4.79 Å². The number of amides is 1. The van der Waals surface area contributed by atoms with E-state index >= 15 is 0 Å². The van der Waals surface area contributed by atoms with E-state index < -0.39 is 12.0 Å². The fourth-order valence-corrected chi connectivity index (χ4v) is 2.26. The van der Waals surface area contributed by atoms with Gasteiger partial charge in [-0.3, -0.25) is 4.79 Å². The predicted molar refractivity (Wildman–Crippen MR) is 64.7 cm³/mol. The van der Waals surface area contributed by atoms with Gasteiger partial charge in [-0.2, -0.15) is 0 Å². The first-order valence-electron chi connectivity index (χ1n) is 6.04. The first-order chi connectivity index (χ1) is 8.51. The van der Waals surface area contributed by atoms with Crippen molar-refractivity contribution >= 4 is 11.9 Å². The fraction of sp³-hybridized carbons (Fsp3) is 0.818. The van der Waals surface area contributed by atoms with Crippen LogP contribution in [0.3, 0.4) is 0 Å². The van der Waals surface area contributed by atoms with E-state index in [0.717, 1.165) is 0 Å². The molecule has 1 heterocycles. The minimum absolute atomic E-state index is 0.0701. The second kappa shape index (κ2) is 6.26. The smallest absolute Gasteiger partial charge is 0.326 e. The third-order valence-electron chi connectivity index (χ3n) is 3.41. The van der Waals surface area contributed by atoms with Gasteiger partial charge >= 0.3 is 5.97 Å². The van der Waals surface area contributed by atoms with Crippen molar-refractivity contribution in [2.75, 3.05) is 13.1 Å². The molecule has 1 aliphatic heterocycles. The van der Waals surface area contributed by atoms with Crippen LogP contribution in [-0.2, 0) is 9.59 Å². The molecule has 3 unspecified atom stereocenters. The van der Waals surface area contributed by atoms with Crippen molar-refractivity contribution < 1.29 is 14.7 Å². The fourth-order valence-electron chi connectivity index (χ4n) is 2.26. The number of likely N-dealkylation sites (tertiary alicyclic amines) is 1. The van der Waals surface area contributed by atoms with Crippen LogP contribution in [0.1, 0.15) is 26.7 Å². The van der Waals surface area contributed by atoms with E-state index in [2.05, 4.69) is 10.0 Å². The molecule has 0 aromatic heterocycles. The van der Waals surface area contributed by atoms with Crippen LogP contribution in [0, 0.1) is 11.8 Å². The van der Waals surface area contributed by atoms with Crippen LogP contribution >= 0.6 is 0 Å². The average molecular weight is 254 g/mol. The van der Waals surface area contributed by atoms with E-state index in [1.54, 1.807) is 0 Å². The Bertz CT molecular complexity index is 378. The number of hydrogen-bond acceptors (Lipinski definition) is 3. The molecule has 0 bridgehead atoms. The van der Waals surface area contributed by atoms with Crippen molar-refractivity contribution in [3.63, 3.8) is 0 Å². The lowest BCUT2D eigenvalue weighted by atomic mass is 9.98. The largest absolute Gasteiger partial charge is 0.480 e. The van der Waals surface area contributed by atoms with Crippen LogP contribution < -0.4 is 0 Å². The van der Waals surface area contributed by atoms with Crippen LogP contribution in [0.15, 0.2) is 5.11 Å². The van der Waals surface area contributed by atoms with Crippen LogP contribution in [0.4, 0.5) is 0 Å². The summed E-state index contributed by atoms with van der Waals surface area (Å²) in [5.41, 5.74) is 8.25. The van der Waals surface area contributed by atoms with Crippen molar-refractivity contribution in [2.45, 2.75) is 32.7 Å². The number of carbonyl (C=O) groups excluding carboxylic acids is 1. The molecular formula is C11H18N4O3. The molecule has 0 aromatic carbocycles. The summed E-state index contributed by atoms with van der Waals surface area (Å²) >= 11 is 0. The van der Waals surface area contributed by atoms with Gasteiger partial charge < -0.3 is 10.0 Å². The second-order valence-corrected chi connectivity index (χ2v) is 4.70. The number of aliphatic carboxylic acids is 1. The highest BCUT2D eigenvalue weighted by Crippen LogP contribution is 2.25. The van der Waals surface area contributed by atoms with Gasteiger partial charge in [0.25, 0.3) is 0 Å². The molecule has 0 saturated carbocycles. The molecule has 100 valence electrons. The van der Waals surface area contributed by atoms with Gasteiger partial charge in [0.05, 0.1) is 0 Å². The van der Waals surface area contributed by atoms with Gasteiger partial charge in [-0.15, -0.1) is 0 Å². The van der Waals surface area contributed by atoms with Crippen molar-refractivity contribution in [2.24, 2.45) is 17.0 Å². The van der Waals surface area contributed by atoms with Crippen molar-refractivity contribution in [3.8, 4) is 0 Å². The minimum atomic E-state index is -0.970. The van der Waals surface area contributed by atoms with E-state index in [4.69, 9.17) is 5.53 Å². The van der Waals surface area contributed by atoms with Crippen LogP contribution in [0.2, 0.25) is 0 Å². The highest BCUT2D eigenvalue weighted by atomic mass is 16.4. The number of rotatable bonds is 6. The van der Waals surface area contributed by atoms with Crippen LogP contribution in [0.25, 0.3) is 10.4 Å². The lowest BCUT2D eigenvalue weighted by molar-refractivity contribution is -0.150. The number of carboxylic acid groups (broad SMARTS) is 1. The molecular weight excluding hydrogens is 236 g/mol. The van der Waals surface area contributed by atoms with E-state index in [1.807, 2.05) is 13.8 Å². The van der Waals surface area contributed by atoms with Crippen LogP contribution in [-0.4, -0.2) is 41.0 Å². The minimum Gasteiger partial charge on any atom is -0.480 e. The molecule has 18 heavy (non-hydrogen) atoms. The maximum atomic E-state index is 11.8. The molecule has 1 amide bonds. The van der Waals surface area contributed by atoms with Gasteiger partial charge in [-0.05, 0) is 17.4 Å². The molecule has 3 atom stereocenters. The third-order valence-corrected chi connectivity index (χ3v) is 3.41. The lowest BCUT2D eigenvalue weighted by Gasteiger charge is -2.29. The van der Waals surface area contributed by atoms with Gasteiger partial charge in [-0.1, -0.05) is 25.4 Å². The molecule has 0 aliphatic carbocycles. The molecule has 1 N–H and O–H groups in total. The van der Waals surface area contributed by atoms with Gasteiger partial charge in [0.15, 0.2) is 0 Å². The Morgan fingerprint density at radius 1 is 1.72 bits per heavy atom. The van der Waals surface area contributed by atoms with E-state index in [1.165, 1.54) is 4.90 Å². The zero-order valence-electron chi connectivity index (χ0n) is 10.6. The Labute approximate surface area is 105 Å². The first kappa shape index (κ1) is 14.3. The molecule has 1 fully saturated rings. The van der Waals surface area contributed by atoms with Crippen molar-refractivity contribution in [1.82, 2.24) is 4.90 Å². The number of carboxylic acids is 1. The topological polar surface area (TPSA) is 106 Å². The summed E-state index contributed by atoms with van der Waals surface area (Å²) in [5.74, 6) is -1.30. The van der Waals surface area contributed by atoms with E-state index in [-0.39, 0.29) is 30.7 Å². The maximum absolute atomic E-state index is 11.8. The number of hydrogen-bond donors (Lipinski definition) is 1. The quantitative estimate of drug-likeness (QED) is 0.442. The Morgan fingerprint density at radius 2 is 2.39 bits per heavy atom. The van der Waals surface area contributed by atoms with Gasteiger partial charge in [0.2, 0.25) is 5.91 Å². The Hall–Kier alpha value is -1.75. The summed E-state index contributed by atoms with van der Waals surface area (Å²) in [6.45, 7) is 4.33. The van der Waals surface area contributed by atoms with Gasteiger partial charge in [0.1, 0.15) is 6.04 Å². The molecule has 0 aromatic rings. The molecule has 1 saturated heterocycles. The molecule has 7 nitrogen and oxygen atoms in total. The van der Waals surface area contributed by atoms with E-state index in [0.29, 0.717) is 13.0 Å². The SMILES string of the molecule is CCC(C)C(C(=O)O)N1CC(CN=[N+]=[N-])CC1=O. The van der Waals surface area contributed by atoms with Crippen molar-refractivity contribution in [3.05, 3.63) is 10.4 Å². The molecule has 7 heteroatoms. The zero-order chi connectivity index (χ0) is 13.7. The standard InChI is InChI=1S/C11H18N4O3/c1-3-7(2)10(11(17)18)15-6-8(4-9(15)16)5-13-14-12/h7-8,10H,3-6H2,1-2H3,(H,17,18). The lowest BCUT2D eigenvalue weighted by Crippen LogP contribution is -2.46. The highest BCUT2D eigenvalue weighted by Gasteiger charge is 2.39. The average Bonchev–Trinajstić information content (AvgIpc) is 2.67. The normalized spacial score (nSPS) is 22.4. The maximum Gasteiger partial charge on any atom is 0.326 e. The summed E-state index contributed by atoms with van der Waals surface area (Å²) in [4.78, 5) is 27.2. The summed E-state index contributed by atoms with van der Waals surface area (Å²) in [7, 11) is 0. The summed E-state index contributed by atoms with van der Waals surface area (Å²) in [5, 5.41) is 12.7. The first-order valence-corrected chi connectivity index (χ1v) is 6.04. The summed E-state index contributed by atoms with van der Waals surface area (Å²) in [6, 6.07) is -0.779. The molecule has 1 aliphatic rings. The van der Waals surface area contributed by atoms with Crippen LogP contribution in [0.5, 0.6) is 0 Å². The second-order valence-electron chi connectivity index (χ2n) is 4.70.